The fourth-order valence-electron chi connectivity index (χ4n) is 1.64. The summed E-state index contributed by atoms with van der Waals surface area (Å²) in [6, 6.07) is 5.52. The molecule has 1 aromatic heterocycles. The van der Waals surface area contributed by atoms with Crippen LogP contribution in [0.5, 0.6) is 5.88 Å². The Labute approximate surface area is 88.9 Å². The first-order valence-corrected chi connectivity index (χ1v) is 5.09. The van der Waals surface area contributed by atoms with Gasteiger partial charge in [0.25, 0.3) is 0 Å². The Kier molecular flexibility index (Phi) is 3.15. The molecule has 15 heavy (non-hydrogen) atoms. The van der Waals surface area contributed by atoms with E-state index in [1.165, 1.54) is 0 Å². The van der Waals surface area contributed by atoms with Crippen molar-refractivity contribution in [1.29, 1.82) is 5.26 Å². The molecular weight excluding hydrogens is 190 g/mol. The van der Waals surface area contributed by atoms with Gasteiger partial charge in [0.1, 0.15) is 11.6 Å². The summed E-state index contributed by atoms with van der Waals surface area (Å²) >= 11 is 0. The molecule has 0 spiro atoms. The molecule has 1 saturated heterocycles. The van der Waals surface area contributed by atoms with Gasteiger partial charge >= 0.3 is 0 Å². The van der Waals surface area contributed by atoms with E-state index in [0.717, 1.165) is 19.5 Å². The van der Waals surface area contributed by atoms with Crippen molar-refractivity contribution in [1.82, 2.24) is 10.3 Å². The average molecular weight is 203 g/mol. The summed E-state index contributed by atoms with van der Waals surface area (Å²) in [6.45, 7) is 2.69. The summed E-state index contributed by atoms with van der Waals surface area (Å²) in [7, 11) is 0. The van der Waals surface area contributed by atoms with Gasteiger partial charge in [0.05, 0.1) is 6.61 Å². The Morgan fingerprint density at radius 1 is 1.67 bits per heavy atom. The highest BCUT2D eigenvalue weighted by molar-refractivity contribution is 5.36. The molecule has 0 saturated carbocycles. The zero-order chi connectivity index (χ0) is 10.5. The number of nitriles is 1. The zero-order valence-corrected chi connectivity index (χ0v) is 8.44. The van der Waals surface area contributed by atoms with Crippen LogP contribution in [0.15, 0.2) is 18.3 Å². The van der Waals surface area contributed by atoms with E-state index in [2.05, 4.69) is 16.4 Å². The fraction of sp³-hybridized carbons (Fsp3) is 0.455. The number of aromatic nitrogens is 1. The van der Waals surface area contributed by atoms with Crippen LogP contribution in [0.25, 0.3) is 0 Å². The van der Waals surface area contributed by atoms with Crippen molar-refractivity contribution in [3.8, 4) is 11.9 Å². The van der Waals surface area contributed by atoms with Crippen molar-refractivity contribution in [3.05, 3.63) is 23.9 Å². The van der Waals surface area contributed by atoms with E-state index in [-0.39, 0.29) is 0 Å². The molecule has 0 aliphatic carbocycles. The van der Waals surface area contributed by atoms with Crippen molar-refractivity contribution in [3.63, 3.8) is 0 Å². The molecule has 1 aromatic rings. The molecule has 1 N–H and O–H groups in total. The van der Waals surface area contributed by atoms with Gasteiger partial charge < -0.3 is 10.1 Å². The average Bonchev–Trinajstić information content (AvgIpc) is 2.79. The van der Waals surface area contributed by atoms with E-state index < -0.39 is 0 Å². The van der Waals surface area contributed by atoms with Gasteiger partial charge in [0.15, 0.2) is 0 Å². The highest BCUT2D eigenvalue weighted by Crippen LogP contribution is 2.15. The molecule has 1 aliphatic heterocycles. The molecular formula is C11H13N3O. The predicted octanol–water partition coefficient (Wildman–Crippen LogP) is 0.942. The molecule has 4 heteroatoms. The molecule has 78 valence electrons. The first-order chi connectivity index (χ1) is 7.40. The van der Waals surface area contributed by atoms with Gasteiger partial charge in [-0.3, -0.25) is 0 Å². The third kappa shape index (κ3) is 2.45. The Morgan fingerprint density at radius 3 is 3.33 bits per heavy atom. The number of hydrogen-bond acceptors (Lipinski definition) is 4. The summed E-state index contributed by atoms with van der Waals surface area (Å²) in [5, 5.41) is 12.1. The summed E-state index contributed by atoms with van der Waals surface area (Å²) < 4.78 is 5.54. The quantitative estimate of drug-likeness (QED) is 0.794. The predicted molar refractivity (Wildman–Crippen MR) is 55.4 cm³/mol. The van der Waals surface area contributed by atoms with Crippen molar-refractivity contribution < 1.29 is 4.74 Å². The fourth-order valence-corrected chi connectivity index (χ4v) is 1.64. The van der Waals surface area contributed by atoms with Crippen LogP contribution >= 0.6 is 0 Å². The lowest BCUT2D eigenvalue weighted by Gasteiger charge is -2.10. The Hall–Kier alpha value is -1.60. The first kappa shape index (κ1) is 9.94. The summed E-state index contributed by atoms with van der Waals surface area (Å²) in [6.07, 6.45) is 2.78. The third-order valence-electron chi connectivity index (χ3n) is 2.51. The number of hydrogen-bond donors (Lipinski definition) is 1. The summed E-state index contributed by atoms with van der Waals surface area (Å²) in [4.78, 5) is 4.05. The standard InChI is InChI=1S/C11H13N3O/c12-6-10-2-1-4-14-11(10)15-8-9-3-5-13-7-9/h1-2,4,9,13H,3,5,7-8H2. The van der Waals surface area contributed by atoms with E-state index in [1.54, 1.807) is 18.3 Å². The van der Waals surface area contributed by atoms with Crippen LogP contribution in [0.4, 0.5) is 0 Å². The minimum atomic E-state index is 0.451. The third-order valence-corrected chi connectivity index (χ3v) is 2.51. The number of nitrogens with one attached hydrogen (secondary N) is 1. The lowest BCUT2D eigenvalue weighted by Crippen LogP contribution is -2.16. The second-order valence-corrected chi connectivity index (χ2v) is 3.64. The van der Waals surface area contributed by atoms with Gasteiger partial charge in [-0.2, -0.15) is 5.26 Å². The molecule has 1 fully saturated rings. The normalized spacial score (nSPS) is 19.8. The molecule has 0 radical (unpaired) electrons. The maximum atomic E-state index is 8.83. The number of nitrogens with zero attached hydrogens (tertiary/aromatic N) is 2. The number of pyridine rings is 1. The van der Waals surface area contributed by atoms with E-state index in [4.69, 9.17) is 10.00 Å². The molecule has 1 atom stereocenters. The molecule has 4 nitrogen and oxygen atoms in total. The number of ether oxygens (including phenoxy) is 1. The maximum Gasteiger partial charge on any atom is 0.231 e. The second-order valence-electron chi connectivity index (χ2n) is 3.64. The summed E-state index contributed by atoms with van der Waals surface area (Å²) in [5.74, 6) is 0.991. The zero-order valence-electron chi connectivity index (χ0n) is 8.44. The van der Waals surface area contributed by atoms with Crippen LogP contribution in [0.1, 0.15) is 12.0 Å². The maximum absolute atomic E-state index is 8.83. The largest absolute Gasteiger partial charge is 0.476 e. The van der Waals surface area contributed by atoms with E-state index in [1.807, 2.05) is 0 Å². The lowest BCUT2D eigenvalue weighted by molar-refractivity contribution is 0.250. The van der Waals surface area contributed by atoms with E-state index in [0.29, 0.717) is 24.0 Å². The SMILES string of the molecule is N#Cc1cccnc1OCC1CCNC1. The minimum Gasteiger partial charge on any atom is -0.476 e. The van der Waals surface area contributed by atoms with Crippen molar-refractivity contribution in [2.24, 2.45) is 5.92 Å². The van der Waals surface area contributed by atoms with Crippen LogP contribution in [-0.2, 0) is 0 Å². The Bertz CT molecular complexity index is 366. The first-order valence-electron chi connectivity index (χ1n) is 5.09. The molecule has 2 heterocycles. The topological polar surface area (TPSA) is 57.9 Å². The van der Waals surface area contributed by atoms with Gasteiger partial charge in [-0.05, 0) is 25.1 Å². The van der Waals surface area contributed by atoms with E-state index >= 15 is 0 Å². The number of rotatable bonds is 3. The molecule has 0 aromatic carbocycles. The van der Waals surface area contributed by atoms with Gasteiger partial charge in [0, 0.05) is 18.7 Å². The van der Waals surface area contributed by atoms with Gasteiger partial charge in [-0.25, -0.2) is 4.98 Å². The molecule has 0 bridgehead atoms. The lowest BCUT2D eigenvalue weighted by atomic mass is 10.1. The van der Waals surface area contributed by atoms with Gasteiger partial charge in [0.2, 0.25) is 5.88 Å². The highest BCUT2D eigenvalue weighted by atomic mass is 16.5. The van der Waals surface area contributed by atoms with Crippen LogP contribution in [0.3, 0.4) is 0 Å². The highest BCUT2D eigenvalue weighted by Gasteiger charge is 2.15. The van der Waals surface area contributed by atoms with Crippen molar-refractivity contribution >= 4 is 0 Å². The van der Waals surface area contributed by atoms with E-state index in [9.17, 15) is 0 Å². The van der Waals surface area contributed by atoms with Crippen LogP contribution < -0.4 is 10.1 Å². The molecule has 1 unspecified atom stereocenters. The van der Waals surface area contributed by atoms with Crippen molar-refractivity contribution in [2.75, 3.05) is 19.7 Å². The monoisotopic (exact) mass is 203 g/mol. The smallest absolute Gasteiger partial charge is 0.231 e. The van der Waals surface area contributed by atoms with Gasteiger partial charge in [-0.15, -0.1) is 0 Å². The summed E-state index contributed by atoms with van der Waals surface area (Å²) in [5.41, 5.74) is 0.503. The Balaban J connectivity index is 1.95. The van der Waals surface area contributed by atoms with Crippen molar-refractivity contribution in [2.45, 2.75) is 6.42 Å². The van der Waals surface area contributed by atoms with Gasteiger partial charge in [-0.1, -0.05) is 0 Å². The second kappa shape index (κ2) is 4.76. The Morgan fingerprint density at radius 2 is 2.60 bits per heavy atom. The van der Waals surface area contributed by atoms with Crippen LogP contribution in [0, 0.1) is 17.2 Å². The molecule has 1 aliphatic rings. The van der Waals surface area contributed by atoms with Crippen LogP contribution in [0.2, 0.25) is 0 Å². The minimum absolute atomic E-state index is 0.451. The van der Waals surface area contributed by atoms with Crippen LogP contribution in [-0.4, -0.2) is 24.7 Å². The molecule has 2 rings (SSSR count). The molecule has 0 amide bonds.